The predicted octanol–water partition coefficient (Wildman–Crippen LogP) is 3.74. The van der Waals surface area contributed by atoms with Gasteiger partial charge in [-0.15, -0.1) is 0 Å². The summed E-state index contributed by atoms with van der Waals surface area (Å²) in [4.78, 5) is 15.4. The van der Waals surface area contributed by atoms with Gasteiger partial charge >= 0.3 is 0 Å². The summed E-state index contributed by atoms with van der Waals surface area (Å²) in [6, 6.07) is 10.4. The number of carbonyl (C=O) groups excluding carboxylic acids is 1. The van der Waals surface area contributed by atoms with Crippen LogP contribution in [0.4, 0.5) is 0 Å². The minimum Gasteiger partial charge on any atom is -0.377 e. The van der Waals surface area contributed by atoms with Crippen LogP contribution in [-0.2, 0) is 16.1 Å². The van der Waals surface area contributed by atoms with Crippen molar-refractivity contribution in [3.63, 3.8) is 0 Å². The number of hydrogen-bond donors (Lipinski definition) is 1. The molecule has 2 aliphatic rings. The first-order valence-corrected chi connectivity index (χ1v) is 10.4. The smallest absolute Gasteiger partial charge is 0.226 e. The lowest BCUT2D eigenvalue weighted by atomic mass is 9.82. The lowest BCUT2D eigenvalue weighted by molar-refractivity contribution is -0.140. The van der Waals surface area contributed by atoms with Gasteiger partial charge in [-0.1, -0.05) is 43.7 Å². The topological polar surface area (TPSA) is 55.6 Å². The van der Waals surface area contributed by atoms with Gasteiger partial charge in [-0.2, -0.15) is 0 Å². The van der Waals surface area contributed by atoms with Gasteiger partial charge in [-0.05, 0) is 50.0 Å². The molecule has 3 atom stereocenters. The number of nitrogens with two attached hydrogens (primary N) is 1. The van der Waals surface area contributed by atoms with E-state index in [9.17, 15) is 4.79 Å². The highest BCUT2D eigenvalue weighted by Gasteiger charge is 2.35. The monoisotopic (exact) mass is 358 g/mol. The number of ether oxygens (including phenoxy) is 1. The molecule has 144 valence electrons. The minimum absolute atomic E-state index is 0.0277. The molecule has 0 aromatic heterocycles. The van der Waals surface area contributed by atoms with Crippen molar-refractivity contribution in [3.8, 4) is 0 Å². The lowest BCUT2D eigenvalue weighted by Gasteiger charge is -2.38. The van der Waals surface area contributed by atoms with Crippen LogP contribution in [0.2, 0.25) is 0 Å². The third kappa shape index (κ3) is 5.08. The molecule has 0 unspecified atom stereocenters. The Morgan fingerprint density at radius 2 is 1.96 bits per heavy atom. The molecule has 4 heteroatoms. The van der Waals surface area contributed by atoms with Crippen LogP contribution in [0.15, 0.2) is 30.3 Å². The first-order valence-electron chi connectivity index (χ1n) is 10.4. The van der Waals surface area contributed by atoms with Gasteiger partial charge in [0.25, 0.3) is 0 Å². The summed E-state index contributed by atoms with van der Waals surface area (Å²) in [6.07, 6.45) is 7.39. The van der Waals surface area contributed by atoms with Crippen molar-refractivity contribution < 1.29 is 9.53 Å². The Bertz CT molecular complexity index is 559. The molecule has 2 aliphatic carbocycles. The Balaban J connectivity index is 1.65. The zero-order valence-corrected chi connectivity index (χ0v) is 16.1. The molecule has 1 aromatic rings. The summed E-state index contributed by atoms with van der Waals surface area (Å²) in [7, 11) is 0. The van der Waals surface area contributed by atoms with Crippen LogP contribution in [0.25, 0.3) is 0 Å². The molecule has 2 N–H and O–H groups in total. The van der Waals surface area contributed by atoms with E-state index >= 15 is 0 Å². The van der Waals surface area contributed by atoms with Crippen LogP contribution >= 0.6 is 0 Å². The summed E-state index contributed by atoms with van der Waals surface area (Å²) >= 11 is 0. The molecule has 2 fully saturated rings. The Hall–Kier alpha value is -1.39. The fourth-order valence-corrected chi connectivity index (χ4v) is 4.12. The highest BCUT2D eigenvalue weighted by atomic mass is 16.5. The van der Waals surface area contributed by atoms with Crippen molar-refractivity contribution in [1.29, 1.82) is 0 Å². The maximum absolute atomic E-state index is 13.3. The van der Waals surface area contributed by atoms with E-state index in [1.54, 1.807) is 0 Å². The molecular weight excluding hydrogens is 324 g/mol. The number of carbonyl (C=O) groups is 1. The maximum Gasteiger partial charge on any atom is 0.226 e. The number of hydrogen-bond acceptors (Lipinski definition) is 3. The van der Waals surface area contributed by atoms with E-state index in [0.29, 0.717) is 11.8 Å². The molecule has 0 spiro atoms. The van der Waals surface area contributed by atoms with Crippen molar-refractivity contribution in [2.45, 2.75) is 70.6 Å². The molecule has 0 radical (unpaired) electrons. The van der Waals surface area contributed by atoms with Crippen LogP contribution in [0.3, 0.4) is 0 Å². The van der Waals surface area contributed by atoms with Crippen molar-refractivity contribution >= 4 is 5.91 Å². The van der Waals surface area contributed by atoms with Gasteiger partial charge in [0.2, 0.25) is 5.91 Å². The van der Waals surface area contributed by atoms with Crippen LogP contribution in [0.1, 0.15) is 57.4 Å². The van der Waals surface area contributed by atoms with Crippen molar-refractivity contribution in [1.82, 2.24) is 4.90 Å². The predicted molar refractivity (Wildman–Crippen MR) is 105 cm³/mol. The first kappa shape index (κ1) is 19.4. The molecule has 2 saturated carbocycles. The van der Waals surface area contributed by atoms with Gasteiger partial charge in [-0.25, -0.2) is 0 Å². The van der Waals surface area contributed by atoms with Crippen molar-refractivity contribution in [2.75, 3.05) is 13.2 Å². The van der Waals surface area contributed by atoms with Gasteiger partial charge in [-0.3, -0.25) is 4.79 Å². The number of amides is 1. The zero-order chi connectivity index (χ0) is 18.4. The van der Waals surface area contributed by atoms with Crippen LogP contribution in [0.5, 0.6) is 0 Å². The lowest BCUT2D eigenvalue weighted by Crippen LogP contribution is -2.47. The van der Waals surface area contributed by atoms with E-state index in [1.165, 1.54) is 24.8 Å². The molecular formula is C22H34N2O2. The van der Waals surface area contributed by atoms with E-state index in [0.717, 1.165) is 45.4 Å². The highest BCUT2D eigenvalue weighted by molar-refractivity contribution is 5.79. The van der Waals surface area contributed by atoms with E-state index in [4.69, 9.17) is 10.5 Å². The van der Waals surface area contributed by atoms with E-state index < -0.39 is 0 Å². The van der Waals surface area contributed by atoms with Gasteiger partial charge in [0.05, 0.1) is 6.10 Å². The van der Waals surface area contributed by atoms with Gasteiger partial charge in [0.15, 0.2) is 0 Å². The first-order chi connectivity index (χ1) is 12.7. The highest BCUT2D eigenvalue weighted by Crippen LogP contribution is 2.31. The van der Waals surface area contributed by atoms with E-state index in [1.807, 2.05) is 6.07 Å². The summed E-state index contributed by atoms with van der Waals surface area (Å²) in [6.45, 7) is 4.46. The maximum atomic E-state index is 13.3. The van der Waals surface area contributed by atoms with E-state index in [-0.39, 0.29) is 18.1 Å². The normalized spacial score (nSPS) is 26.3. The fourth-order valence-electron chi connectivity index (χ4n) is 4.12. The van der Waals surface area contributed by atoms with Gasteiger partial charge in [0, 0.05) is 31.7 Å². The van der Waals surface area contributed by atoms with Gasteiger partial charge in [0.1, 0.15) is 0 Å². The molecule has 3 rings (SSSR count). The third-order valence-corrected chi connectivity index (χ3v) is 5.96. The van der Waals surface area contributed by atoms with E-state index in [2.05, 4.69) is 36.1 Å². The second-order valence-corrected chi connectivity index (χ2v) is 8.08. The standard InChI is InChI=1S/C22H34N2O2/c1-2-13-26-21-14-19(11-12-20(21)23)22(25)24(16-18-9-6-10-18)15-17-7-4-3-5-8-17/h3-5,7-8,18-21H,2,6,9-16,23H2,1H3/t19-,20+,21+/m0/s1. The SMILES string of the molecule is CCCO[C@@H]1C[C@@H](C(=O)N(Cc2ccccc2)CC2CCC2)CC[C@H]1N. The molecule has 0 bridgehead atoms. The molecule has 4 nitrogen and oxygen atoms in total. The minimum atomic E-state index is 0.0277. The third-order valence-electron chi connectivity index (χ3n) is 5.96. The van der Waals surface area contributed by atoms with Crippen molar-refractivity contribution in [3.05, 3.63) is 35.9 Å². The largest absolute Gasteiger partial charge is 0.377 e. The number of benzene rings is 1. The number of nitrogens with zero attached hydrogens (tertiary/aromatic N) is 1. The molecule has 26 heavy (non-hydrogen) atoms. The summed E-state index contributed by atoms with van der Waals surface area (Å²) in [5, 5.41) is 0. The second-order valence-electron chi connectivity index (χ2n) is 8.08. The summed E-state index contributed by atoms with van der Waals surface area (Å²) in [5.74, 6) is 1.04. The van der Waals surface area contributed by atoms with Crippen molar-refractivity contribution in [2.24, 2.45) is 17.6 Å². The van der Waals surface area contributed by atoms with Gasteiger partial charge < -0.3 is 15.4 Å². The number of rotatable bonds is 8. The summed E-state index contributed by atoms with van der Waals surface area (Å²) < 4.78 is 5.94. The quantitative estimate of drug-likeness (QED) is 0.770. The molecule has 1 aromatic carbocycles. The van der Waals surface area contributed by atoms with Crippen LogP contribution in [-0.4, -0.2) is 36.1 Å². The van der Waals surface area contributed by atoms with Crippen LogP contribution in [0, 0.1) is 11.8 Å². The molecule has 0 heterocycles. The average Bonchev–Trinajstić information content (AvgIpc) is 2.63. The molecule has 0 saturated heterocycles. The molecule has 1 amide bonds. The Labute approximate surface area is 158 Å². The Kier molecular flexibility index (Phi) is 7.09. The average molecular weight is 359 g/mol. The van der Waals surface area contributed by atoms with Crippen LogP contribution < -0.4 is 5.73 Å². The fraction of sp³-hybridized carbons (Fsp3) is 0.682. The second kappa shape index (κ2) is 9.52. The summed E-state index contributed by atoms with van der Waals surface area (Å²) in [5.41, 5.74) is 7.46. The Morgan fingerprint density at radius 3 is 2.62 bits per heavy atom. The zero-order valence-electron chi connectivity index (χ0n) is 16.1. The molecule has 0 aliphatic heterocycles. The Morgan fingerprint density at radius 1 is 1.19 bits per heavy atom.